The zero-order valence-electron chi connectivity index (χ0n) is 9.51. The Morgan fingerprint density at radius 1 is 0.875 bits per heavy atom. The minimum atomic E-state index is 0.765. The van der Waals surface area contributed by atoms with Crippen LogP contribution in [0.25, 0.3) is 12.2 Å². The van der Waals surface area contributed by atoms with Crippen LogP contribution in [0.3, 0.4) is 0 Å². The van der Waals surface area contributed by atoms with E-state index < -0.39 is 0 Å². The van der Waals surface area contributed by atoms with Gasteiger partial charge in [-0.15, -0.1) is 0 Å². The molecule has 80 valence electrons. The highest BCUT2D eigenvalue weighted by Gasteiger charge is 1.94. The highest BCUT2D eigenvalue weighted by atomic mass is 14.9. The van der Waals surface area contributed by atoms with Gasteiger partial charge >= 0.3 is 0 Å². The lowest BCUT2D eigenvalue weighted by atomic mass is 10.2. The summed E-state index contributed by atoms with van der Waals surface area (Å²) < 4.78 is 0. The molecule has 0 saturated heterocycles. The van der Waals surface area contributed by atoms with E-state index in [1.807, 2.05) is 50.3 Å². The van der Waals surface area contributed by atoms with Crippen LogP contribution in [-0.4, -0.2) is 9.97 Å². The molecule has 0 atom stereocenters. The first-order valence-corrected chi connectivity index (χ1v) is 5.29. The largest absolute Gasteiger partial charge is 0.234 e. The molecule has 0 N–H and O–H groups in total. The molecule has 0 aliphatic carbocycles. The molecule has 1 heterocycles. The van der Waals surface area contributed by atoms with Crippen molar-refractivity contribution in [3.8, 4) is 0 Å². The van der Waals surface area contributed by atoms with Gasteiger partial charge in [0.05, 0.1) is 0 Å². The minimum absolute atomic E-state index is 0.765. The van der Waals surface area contributed by atoms with Crippen LogP contribution in [0.5, 0.6) is 0 Å². The molecule has 1 aromatic carbocycles. The third-order valence-corrected chi connectivity index (χ3v) is 2.22. The summed E-state index contributed by atoms with van der Waals surface area (Å²) in [6.07, 6.45) is 3.96. The Bertz CT molecular complexity index is 481. The van der Waals surface area contributed by atoms with Crippen molar-refractivity contribution in [1.82, 2.24) is 9.97 Å². The standard InChI is InChI=1S/C14H14N2/c1-11-10-12(2)16-14(15-11)9-8-13-6-4-3-5-7-13/h3-10H,1-2H3/b9-8+. The summed E-state index contributed by atoms with van der Waals surface area (Å²) in [7, 11) is 0. The first-order chi connectivity index (χ1) is 7.74. The van der Waals surface area contributed by atoms with Crippen molar-refractivity contribution in [2.24, 2.45) is 0 Å². The number of hydrogen-bond donors (Lipinski definition) is 0. The van der Waals surface area contributed by atoms with E-state index in [9.17, 15) is 0 Å². The van der Waals surface area contributed by atoms with E-state index in [2.05, 4.69) is 22.1 Å². The zero-order valence-corrected chi connectivity index (χ0v) is 9.51. The van der Waals surface area contributed by atoms with Crippen molar-refractivity contribution in [2.75, 3.05) is 0 Å². The van der Waals surface area contributed by atoms with Crippen LogP contribution in [0.15, 0.2) is 36.4 Å². The maximum atomic E-state index is 4.35. The lowest BCUT2D eigenvalue weighted by molar-refractivity contribution is 1.03. The molecule has 0 saturated carbocycles. The second-order valence-corrected chi connectivity index (χ2v) is 3.75. The first kappa shape index (κ1) is 10.6. The molecule has 0 amide bonds. The van der Waals surface area contributed by atoms with E-state index in [0.29, 0.717) is 0 Å². The fourth-order valence-electron chi connectivity index (χ4n) is 1.56. The van der Waals surface area contributed by atoms with Gasteiger partial charge in [0.25, 0.3) is 0 Å². The first-order valence-electron chi connectivity index (χ1n) is 5.29. The van der Waals surface area contributed by atoms with E-state index in [0.717, 1.165) is 22.8 Å². The van der Waals surface area contributed by atoms with Crippen molar-refractivity contribution >= 4 is 12.2 Å². The predicted molar refractivity (Wildman–Crippen MR) is 66.9 cm³/mol. The molecule has 1 aromatic heterocycles. The van der Waals surface area contributed by atoms with E-state index in [-0.39, 0.29) is 0 Å². The molecule has 0 radical (unpaired) electrons. The minimum Gasteiger partial charge on any atom is -0.234 e. The Morgan fingerprint density at radius 3 is 2.12 bits per heavy atom. The van der Waals surface area contributed by atoms with Gasteiger partial charge in [-0.2, -0.15) is 0 Å². The quantitative estimate of drug-likeness (QED) is 0.760. The van der Waals surface area contributed by atoms with Crippen LogP contribution in [0.2, 0.25) is 0 Å². The summed E-state index contributed by atoms with van der Waals surface area (Å²) in [5.41, 5.74) is 3.16. The van der Waals surface area contributed by atoms with E-state index in [1.54, 1.807) is 0 Å². The molecular weight excluding hydrogens is 196 g/mol. The molecule has 2 rings (SSSR count). The molecule has 0 unspecified atom stereocenters. The van der Waals surface area contributed by atoms with Crippen molar-refractivity contribution < 1.29 is 0 Å². The highest BCUT2D eigenvalue weighted by molar-refractivity contribution is 5.66. The summed E-state index contributed by atoms with van der Waals surface area (Å²) in [5, 5.41) is 0. The molecule has 0 fully saturated rings. The maximum absolute atomic E-state index is 4.35. The lowest BCUT2D eigenvalue weighted by Crippen LogP contribution is -1.92. The molecule has 16 heavy (non-hydrogen) atoms. The van der Waals surface area contributed by atoms with Gasteiger partial charge in [-0.25, -0.2) is 9.97 Å². The summed E-state index contributed by atoms with van der Waals surface area (Å²) >= 11 is 0. The Hall–Kier alpha value is -1.96. The Balaban J connectivity index is 2.24. The van der Waals surface area contributed by atoms with E-state index >= 15 is 0 Å². The van der Waals surface area contributed by atoms with Gasteiger partial charge in [0, 0.05) is 11.4 Å². The molecule has 0 aliphatic rings. The monoisotopic (exact) mass is 210 g/mol. The Kier molecular flexibility index (Phi) is 3.10. The van der Waals surface area contributed by atoms with Crippen LogP contribution in [-0.2, 0) is 0 Å². The maximum Gasteiger partial charge on any atom is 0.152 e. The third-order valence-electron chi connectivity index (χ3n) is 2.22. The van der Waals surface area contributed by atoms with Crippen molar-refractivity contribution in [3.63, 3.8) is 0 Å². The number of nitrogens with zero attached hydrogens (tertiary/aromatic N) is 2. The van der Waals surface area contributed by atoms with Crippen molar-refractivity contribution in [1.29, 1.82) is 0 Å². The Morgan fingerprint density at radius 2 is 1.50 bits per heavy atom. The Labute approximate surface area is 95.7 Å². The second kappa shape index (κ2) is 4.71. The van der Waals surface area contributed by atoms with Crippen molar-refractivity contribution in [2.45, 2.75) is 13.8 Å². The summed E-state index contributed by atoms with van der Waals surface area (Å²) in [6.45, 7) is 3.96. The van der Waals surface area contributed by atoms with Crippen LogP contribution < -0.4 is 0 Å². The smallest absolute Gasteiger partial charge is 0.152 e. The molecular formula is C14H14N2. The second-order valence-electron chi connectivity index (χ2n) is 3.75. The fourth-order valence-corrected chi connectivity index (χ4v) is 1.56. The van der Waals surface area contributed by atoms with Crippen LogP contribution in [0, 0.1) is 13.8 Å². The number of aromatic nitrogens is 2. The van der Waals surface area contributed by atoms with Crippen molar-refractivity contribution in [3.05, 3.63) is 59.2 Å². The fraction of sp³-hybridized carbons (Fsp3) is 0.143. The number of benzene rings is 1. The van der Waals surface area contributed by atoms with Crippen LogP contribution >= 0.6 is 0 Å². The van der Waals surface area contributed by atoms with Gasteiger partial charge in [0.15, 0.2) is 5.82 Å². The lowest BCUT2D eigenvalue weighted by Gasteiger charge is -1.98. The average Bonchev–Trinajstić information content (AvgIpc) is 2.27. The zero-order chi connectivity index (χ0) is 11.4. The molecule has 0 spiro atoms. The third kappa shape index (κ3) is 2.76. The van der Waals surface area contributed by atoms with Gasteiger partial charge in [0.1, 0.15) is 0 Å². The molecule has 2 nitrogen and oxygen atoms in total. The van der Waals surface area contributed by atoms with Gasteiger partial charge in [-0.05, 0) is 31.6 Å². The average molecular weight is 210 g/mol. The predicted octanol–water partition coefficient (Wildman–Crippen LogP) is 3.26. The molecule has 0 bridgehead atoms. The SMILES string of the molecule is Cc1cc(C)nc(/C=C/c2ccccc2)n1. The van der Waals surface area contributed by atoms with E-state index in [4.69, 9.17) is 0 Å². The number of aryl methyl sites for hydroxylation is 2. The topological polar surface area (TPSA) is 25.8 Å². The van der Waals surface area contributed by atoms with Gasteiger partial charge < -0.3 is 0 Å². The number of rotatable bonds is 2. The van der Waals surface area contributed by atoms with Gasteiger partial charge in [-0.3, -0.25) is 0 Å². The number of hydrogen-bond acceptors (Lipinski definition) is 2. The van der Waals surface area contributed by atoms with Crippen LogP contribution in [0.4, 0.5) is 0 Å². The summed E-state index contributed by atoms with van der Waals surface area (Å²) in [4.78, 5) is 8.70. The molecule has 0 aliphatic heterocycles. The van der Waals surface area contributed by atoms with Gasteiger partial charge in [-0.1, -0.05) is 36.4 Å². The summed E-state index contributed by atoms with van der Waals surface area (Å²) in [5.74, 6) is 0.765. The summed E-state index contributed by atoms with van der Waals surface area (Å²) in [6, 6.07) is 12.1. The van der Waals surface area contributed by atoms with E-state index in [1.165, 1.54) is 0 Å². The normalized spacial score (nSPS) is 10.9. The highest BCUT2D eigenvalue weighted by Crippen LogP contribution is 2.06. The molecule has 2 aromatic rings. The van der Waals surface area contributed by atoms with Crippen LogP contribution in [0.1, 0.15) is 22.8 Å². The van der Waals surface area contributed by atoms with Gasteiger partial charge in [0.2, 0.25) is 0 Å². The molecule has 2 heteroatoms.